The fraction of sp³-hybridized carbons (Fsp3) is 0.412. The Labute approximate surface area is 129 Å². The van der Waals surface area contributed by atoms with Crippen LogP contribution in [0.3, 0.4) is 0 Å². The van der Waals surface area contributed by atoms with Crippen molar-refractivity contribution >= 4 is 28.4 Å². The molecule has 0 spiro atoms. The Morgan fingerprint density at radius 1 is 1.24 bits per heavy atom. The largest absolute Gasteiger partial charge is 0.352 e. The van der Waals surface area contributed by atoms with E-state index < -0.39 is 0 Å². The van der Waals surface area contributed by atoms with Crippen molar-refractivity contribution in [3.63, 3.8) is 0 Å². The van der Waals surface area contributed by atoms with E-state index in [-0.39, 0.29) is 11.1 Å². The van der Waals surface area contributed by atoms with E-state index in [9.17, 15) is 4.79 Å². The quantitative estimate of drug-likeness (QED) is 0.863. The summed E-state index contributed by atoms with van der Waals surface area (Å²) in [6.45, 7) is 0.738. The Kier molecular flexibility index (Phi) is 4.39. The van der Waals surface area contributed by atoms with Crippen LogP contribution >= 0.6 is 11.6 Å². The molecular formula is C17H19ClN2O. The van der Waals surface area contributed by atoms with E-state index in [0.717, 1.165) is 17.4 Å². The highest BCUT2D eigenvalue weighted by Gasteiger charge is 2.17. The van der Waals surface area contributed by atoms with Gasteiger partial charge in [0.15, 0.2) is 0 Å². The molecule has 0 aliphatic heterocycles. The van der Waals surface area contributed by atoms with Crippen molar-refractivity contribution in [2.75, 3.05) is 6.54 Å². The summed E-state index contributed by atoms with van der Waals surface area (Å²) >= 11 is 6.15. The van der Waals surface area contributed by atoms with E-state index in [2.05, 4.69) is 10.3 Å². The van der Waals surface area contributed by atoms with E-state index in [1.165, 1.54) is 32.1 Å². The van der Waals surface area contributed by atoms with Crippen molar-refractivity contribution in [3.8, 4) is 0 Å². The average molecular weight is 303 g/mol. The molecule has 1 amide bonds. The second kappa shape index (κ2) is 6.44. The van der Waals surface area contributed by atoms with E-state index in [1.54, 1.807) is 0 Å². The summed E-state index contributed by atoms with van der Waals surface area (Å²) in [5.41, 5.74) is 1.28. The first kappa shape index (κ1) is 14.3. The smallest absolute Gasteiger partial charge is 0.254 e. The maximum atomic E-state index is 12.3. The first-order valence-electron chi connectivity index (χ1n) is 7.57. The van der Waals surface area contributed by atoms with Crippen molar-refractivity contribution in [1.82, 2.24) is 10.3 Å². The van der Waals surface area contributed by atoms with Gasteiger partial charge >= 0.3 is 0 Å². The minimum Gasteiger partial charge on any atom is -0.352 e. The summed E-state index contributed by atoms with van der Waals surface area (Å²) in [5, 5.41) is 4.22. The van der Waals surface area contributed by atoms with E-state index >= 15 is 0 Å². The molecule has 1 aliphatic carbocycles. The van der Waals surface area contributed by atoms with Crippen LogP contribution in [0.4, 0.5) is 0 Å². The summed E-state index contributed by atoms with van der Waals surface area (Å²) < 4.78 is 0. The SMILES string of the molecule is O=C(NCC1CCCCC1)c1cc2ccccc2nc1Cl. The van der Waals surface area contributed by atoms with Gasteiger partial charge in [0.25, 0.3) is 5.91 Å². The molecule has 1 fully saturated rings. The number of hydrogen-bond donors (Lipinski definition) is 1. The van der Waals surface area contributed by atoms with E-state index in [0.29, 0.717) is 11.5 Å². The van der Waals surface area contributed by atoms with Gasteiger partial charge < -0.3 is 5.32 Å². The van der Waals surface area contributed by atoms with Gasteiger partial charge in [-0.05, 0) is 30.9 Å². The predicted octanol–water partition coefficient (Wildman–Crippen LogP) is 4.20. The van der Waals surface area contributed by atoms with Crippen LogP contribution in [0.5, 0.6) is 0 Å². The zero-order valence-corrected chi connectivity index (χ0v) is 12.7. The van der Waals surface area contributed by atoms with Crippen molar-refractivity contribution in [1.29, 1.82) is 0 Å². The van der Waals surface area contributed by atoms with Crippen LogP contribution in [0.2, 0.25) is 5.15 Å². The summed E-state index contributed by atoms with van der Waals surface area (Å²) in [6.07, 6.45) is 6.30. The van der Waals surface area contributed by atoms with Crippen LogP contribution in [0, 0.1) is 5.92 Å². The Hall–Kier alpha value is -1.61. The number of benzene rings is 1. The fourth-order valence-electron chi connectivity index (χ4n) is 2.98. The highest BCUT2D eigenvalue weighted by molar-refractivity contribution is 6.33. The van der Waals surface area contributed by atoms with Crippen molar-refractivity contribution in [2.24, 2.45) is 5.92 Å². The number of hydrogen-bond acceptors (Lipinski definition) is 2. The molecule has 2 aromatic rings. The van der Waals surface area contributed by atoms with Gasteiger partial charge in [0.1, 0.15) is 5.15 Å². The molecule has 0 bridgehead atoms. The molecule has 3 nitrogen and oxygen atoms in total. The Morgan fingerprint density at radius 3 is 2.81 bits per heavy atom. The van der Waals surface area contributed by atoms with Crippen molar-refractivity contribution < 1.29 is 4.79 Å². The number of rotatable bonds is 3. The lowest BCUT2D eigenvalue weighted by Gasteiger charge is -2.21. The maximum absolute atomic E-state index is 12.3. The van der Waals surface area contributed by atoms with Gasteiger partial charge in [0.05, 0.1) is 11.1 Å². The van der Waals surface area contributed by atoms with Crippen LogP contribution in [0.25, 0.3) is 10.9 Å². The standard InChI is InChI=1S/C17H19ClN2O/c18-16-14(10-13-8-4-5-9-15(13)20-16)17(21)19-11-12-6-2-1-3-7-12/h4-5,8-10,12H,1-3,6-7,11H2,(H,19,21). The summed E-state index contributed by atoms with van der Waals surface area (Å²) in [7, 11) is 0. The number of carbonyl (C=O) groups excluding carboxylic acids is 1. The molecule has 110 valence electrons. The van der Waals surface area contributed by atoms with Crippen LogP contribution < -0.4 is 5.32 Å². The molecule has 0 saturated heterocycles. The number of aromatic nitrogens is 1. The Bertz CT molecular complexity index is 650. The third-order valence-electron chi connectivity index (χ3n) is 4.20. The molecule has 21 heavy (non-hydrogen) atoms. The van der Waals surface area contributed by atoms with Gasteiger partial charge in [0, 0.05) is 11.9 Å². The lowest BCUT2D eigenvalue weighted by molar-refractivity contribution is 0.0943. The topological polar surface area (TPSA) is 42.0 Å². The highest BCUT2D eigenvalue weighted by Crippen LogP contribution is 2.24. The zero-order valence-electron chi connectivity index (χ0n) is 11.9. The maximum Gasteiger partial charge on any atom is 0.254 e. The number of nitrogens with zero attached hydrogens (tertiary/aromatic N) is 1. The molecular weight excluding hydrogens is 284 g/mol. The molecule has 0 unspecified atom stereocenters. The molecule has 0 atom stereocenters. The number of pyridine rings is 1. The second-order valence-electron chi connectivity index (χ2n) is 5.73. The molecule has 1 N–H and O–H groups in total. The van der Waals surface area contributed by atoms with Crippen LogP contribution in [-0.4, -0.2) is 17.4 Å². The highest BCUT2D eigenvalue weighted by atomic mass is 35.5. The first-order chi connectivity index (χ1) is 10.2. The average Bonchev–Trinajstić information content (AvgIpc) is 2.53. The first-order valence-corrected chi connectivity index (χ1v) is 7.95. The molecule has 1 aliphatic rings. The van der Waals surface area contributed by atoms with Gasteiger partial charge in [-0.3, -0.25) is 4.79 Å². The Balaban J connectivity index is 1.73. The number of para-hydroxylation sites is 1. The van der Waals surface area contributed by atoms with Gasteiger partial charge in [0.2, 0.25) is 0 Å². The Morgan fingerprint density at radius 2 is 2.00 bits per heavy atom. The molecule has 1 aromatic heterocycles. The van der Waals surface area contributed by atoms with Crippen molar-refractivity contribution in [3.05, 3.63) is 41.0 Å². The fourth-order valence-corrected chi connectivity index (χ4v) is 3.21. The van der Waals surface area contributed by atoms with Gasteiger partial charge in [-0.1, -0.05) is 49.1 Å². The number of nitrogens with one attached hydrogen (secondary N) is 1. The molecule has 1 heterocycles. The minimum absolute atomic E-state index is 0.121. The zero-order chi connectivity index (χ0) is 14.7. The van der Waals surface area contributed by atoms with E-state index in [1.807, 2.05) is 30.3 Å². The minimum atomic E-state index is -0.121. The third kappa shape index (κ3) is 3.35. The van der Waals surface area contributed by atoms with Crippen LogP contribution in [0.1, 0.15) is 42.5 Å². The van der Waals surface area contributed by atoms with E-state index in [4.69, 9.17) is 11.6 Å². The molecule has 4 heteroatoms. The predicted molar refractivity (Wildman–Crippen MR) is 85.7 cm³/mol. The molecule has 3 rings (SSSR count). The number of fused-ring (bicyclic) bond motifs is 1. The number of amides is 1. The third-order valence-corrected chi connectivity index (χ3v) is 4.49. The monoisotopic (exact) mass is 302 g/mol. The van der Waals surface area contributed by atoms with Crippen LogP contribution in [0.15, 0.2) is 30.3 Å². The van der Waals surface area contributed by atoms with Gasteiger partial charge in [-0.2, -0.15) is 0 Å². The number of halogens is 1. The van der Waals surface area contributed by atoms with Crippen molar-refractivity contribution in [2.45, 2.75) is 32.1 Å². The molecule has 0 radical (unpaired) electrons. The molecule has 1 saturated carbocycles. The normalized spacial score (nSPS) is 16.0. The molecule has 1 aromatic carbocycles. The van der Waals surface area contributed by atoms with Gasteiger partial charge in [-0.25, -0.2) is 4.98 Å². The lowest BCUT2D eigenvalue weighted by atomic mass is 9.89. The van der Waals surface area contributed by atoms with Gasteiger partial charge in [-0.15, -0.1) is 0 Å². The van der Waals surface area contributed by atoms with Crippen LogP contribution in [-0.2, 0) is 0 Å². The summed E-state index contributed by atoms with van der Waals surface area (Å²) in [4.78, 5) is 16.6. The second-order valence-corrected chi connectivity index (χ2v) is 6.09. The summed E-state index contributed by atoms with van der Waals surface area (Å²) in [5.74, 6) is 0.485. The number of carbonyl (C=O) groups is 1. The summed E-state index contributed by atoms with van der Waals surface area (Å²) in [6, 6.07) is 9.50. The lowest BCUT2D eigenvalue weighted by Crippen LogP contribution is -2.30.